The molecule has 0 aromatic rings. The summed E-state index contributed by atoms with van der Waals surface area (Å²) in [6, 6.07) is 0. The van der Waals surface area contributed by atoms with Crippen molar-refractivity contribution in [2.45, 2.75) is 104 Å². The third kappa shape index (κ3) is 4.28. The number of rotatable bonds is 5. The fourth-order valence-corrected chi connectivity index (χ4v) is 6.98. The predicted octanol–water partition coefficient (Wildman–Crippen LogP) is 4.05. The monoisotopic (exact) mass is 478 g/mol. The fraction of sp³-hybridized carbons (Fsp3) is 0.808. The molecule has 0 aromatic heterocycles. The maximum absolute atomic E-state index is 11.9. The first kappa shape index (κ1) is 25.2. The van der Waals surface area contributed by atoms with Crippen molar-refractivity contribution in [3.05, 3.63) is 11.6 Å². The molecule has 0 amide bonds. The van der Waals surface area contributed by atoms with Crippen molar-refractivity contribution in [1.29, 1.82) is 0 Å². The molecule has 4 fully saturated rings. The van der Waals surface area contributed by atoms with Crippen LogP contribution >= 0.6 is 0 Å². The van der Waals surface area contributed by atoms with E-state index in [-0.39, 0.29) is 16.4 Å². The van der Waals surface area contributed by atoms with E-state index < -0.39 is 36.6 Å². The summed E-state index contributed by atoms with van der Waals surface area (Å²) in [5, 5.41) is 0. The molecular formula is C26H38O8. The lowest BCUT2D eigenvalue weighted by Crippen LogP contribution is -2.56. The van der Waals surface area contributed by atoms with Gasteiger partial charge in [0.15, 0.2) is 6.10 Å². The van der Waals surface area contributed by atoms with Gasteiger partial charge in [-0.3, -0.25) is 19.1 Å². The molecule has 2 heterocycles. The second-order valence-corrected chi connectivity index (χ2v) is 11.1. The van der Waals surface area contributed by atoms with E-state index in [4.69, 9.17) is 23.7 Å². The molecule has 1 spiro atoms. The molecule has 8 nitrogen and oxygen atoms in total. The topological polar surface area (TPSA) is 101 Å². The Kier molecular flexibility index (Phi) is 6.62. The van der Waals surface area contributed by atoms with E-state index in [9.17, 15) is 14.4 Å². The fourth-order valence-electron chi connectivity index (χ4n) is 6.98. The molecule has 0 bridgehead atoms. The Morgan fingerprint density at radius 2 is 1.65 bits per heavy atom. The molecule has 4 aliphatic rings. The van der Waals surface area contributed by atoms with E-state index >= 15 is 0 Å². The summed E-state index contributed by atoms with van der Waals surface area (Å²) in [7, 11) is 0. The summed E-state index contributed by atoms with van der Waals surface area (Å²) in [5.74, 6) is -0.702. The highest BCUT2D eigenvalue weighted by Gasteiger charge is 2.67. The number of epoxide rings is 1. The van der Waals surface area contributed by atoms with Crippen LogP contribution in [0.3, 0.4) is 0 Å². The van der Waals surface area contributed by atoms with Crippen molar-refractivity contribution in [3.63, 3.8) is 0 Å². The molecule has 5 unspecified atom stereocenters. The van der Waals surface area contributed by atoms with Crippen molar-refractivity contribution in [2.75, 3.05) is 6.61 Å². The molecule has 4 rings (SSSR count). The van der Waals surface area contributed by atoms with Crippen LogP contribution in [0.2, 0.25) is 0 Å². The Hall–Kier alpha value is -1.93. The quantitative estimate of drug-likeness (QED) is 0.252. The van der Waals surface area contributed by atoms with Gasteiger partial charge < -0.3 is 18.9 Å². The van der Waals surface area contributed by atoms with Crippen LogP contribution in [0.4, 0.5) is 0 Å². The minimum atomic E-state index is -1.17. The zero-order chi connectivity index (χ0) is 24.9. The van der Waals surface area contributed by atoms with E-state index in [1.165, 1.54) is 20.8 Å². The summed E-state index contributed by atoms with van der Waals surface area (Å²) in [4.78, 5) is 35.3. The Morgan fingerprint density at radius 1 is 1.00 bits per heavy atom. The average molecular weight is 479 g/mol. The zero-order valence-corrected chi connectivity index (χ0v) is 21.2. The van der Waals surface area contributed by atoms with E-state index in [1.807, 2.05) is 6.08 Å². The normalized spacial score (nSPS) is 44.4. The summed E-state index contributed by atoms with van der Waals surface area (Å²) in [5.41, 5.74) is 0.621. The van der Waals surface area contributed by atoms with Crippen molar-refractivity contribution < 1.29 is 38.1 Å². The van der Waals surface area contributed by atoms with Crippen molar-refractivity contribution in [2.24, 2.45) is 22.7 Å². The number of hydrogen-bond acceptors (Lipinski definition) is 8. The van der Waals surface area contributed by atoms with Gasteiger partial charge in [0.25, 0.3) is 0 Å². The first-order valence-corrected chi connectivity index (χ1v) is 12.4. The lowest BCUT2D eigenvalue weighted by Gasteiger charge is -2.60. The van der Waals surface area contributed by atoms with Gasteiger partial charge in [-0.05, 0) is 49.4 Å². The molecule has 190 valence electrons. The van der Waals surface area contributed by atoms with E-state index in [1.54, 1.807) is 0 Å². The maximum atomic E-state index is 11.9. The minimum Gasteiger partial charge on any atom is -0.451 e. The average Bonchev–Trinajstić information content (AvgIpc) is 3.45. The van der Waals surface area contributed by atoms with Gasteiger partial charge in [0.1, 0.15) is 0 Å². The highest BCUT2D eigenvalue weighted by molar-refractivity contribution is 5.68. The van der Waals surface area contributed by atoms with Crippen LogP contribution in [-0.4, -0.2) is 48.8 Å². The smallest absolute Gasteiger partial charge is 0.305 e. The number of esters is 3. The highest BCUT2D eigenvalue weighted by atomic mass is 16.8. The summed E-state index contributed by atoms with van der Waals surface area (Å²) < 4.78 is 28.0. The molecule has 0 aromatic carbocycles. The molecule has 2 aliphatic carbocycles. The number of ether oxygens (including phenoxy) is 5. The molecule has 2 aliphatic heterocycles. The molecule has 2 saturated heterocycles. The highest BCUT2D eigenvalue weighted by Crippen LogP contribution is 2.68. The zero-order valence-electron chi connectivity index (χ0n) is 21.2. The van der Waals surface area contributed by atoms with Gasteiger partial charge in [0.05, 0.1) is 12.2 Å². The van der Waals surface area contributed by atoms with Crippen LogP contribution < -0.4 is 0 Å². The molecule has 0 N–H and O–H groups in total. The van der Waals surface area contributed by atoms with E-state index in [0.717, 1.165) is 38.7 Å². The van der Waals surface area contributed by atoms with Gasteiger partial charge in [-0.1, -0.05) is 33.3 Å². The summed E-state index contributed by atoms with van der Waals surface area (Å²) >= 11 is 0. The van der Waals surface area contributed by atoms with Crippen LogP contribution in [0.15, 0.2) is 11.6 Å². The molecule has 0 radical (unpaired) electrons. The van der Waals surface area contributed by atoms with E-state index in [0.29, 0.717) is 23.8 Å². The van der Waals surface area contributed by atoms with Gasteiger partial charge in [-0.15, -0.1) is 0 Å². The first-order chi connectivity index (χ1) is 15.9. The van der Waals surface area contributed by atoms with Gasteiger partial charge in [-0.2, -0.15) is 0 Å². The number of carbonyl (C=O) groups excluding carboxylic acids is 3. The van der Waals surface area contributed by atoms with Crippen molar-refractivity contribution in [3.8, 4) is 0 Å². The molecule has 8 heteroatoms. The second kappa shape index (κ2) is 8.94. The van der Waals surface area contributed by atoms with Crippen LogP contribution in [0.5, 0.6) is 0 Å². The maximum Gasteiger partial charge on any atom is 0.305 e. The minimum absolute atomic E-state index is 0.0158. The Bertz CT molecular complexity index is 876. The lowest BCUT2D eigenvalue weighted by atomic mass is 9.44. The third-order valence-electron chi connectivity index (χ3n) is 9.13. The number of fused-ring (bicyclic) bond motifs is 2. The van der Waals surface area contributed by atoms with Crippen molar-refractivity contribution in [1.82, 2.24) is 0 Å². The van der Waals surface area contributed by atoms with Gasteiger partial charge in [-0.25, -0.2) is 0 Å². The Labute approximate surface area is 201 Å². The lowest BCUT2D eigenvalue weighted by molar-refractivity contribution is -0.218. The molecular weight excluding hydrogens is 440 g/mol. The van der Waals surface area contributed by atoms with Crippen molar-refractivity contribution >= 4 is 17.9 Å². The Morgan fingerprint density at radius 3 is 2.24 bits per heavy atom. The summed E-state index contributed by atoms with van der Waals surface area (Å²) in [6.45, 7) is 11.7. The standard InChI is InChI=1S/C26H38O8/c1-15-9-13-25(6)20(8-7-11-26(25)14-30-26)24(15,5)12-10-19-21(31-16(2)27)23(33-18(4)29)34-22(19)32-17(3)28/h10,15,20-23H,7-9,11-14H2,1-6H3/b19-10-/t15?,20?,21-,22-,23-,24?,25?,26?/m0/s1. The predicted molar refractivity (Wildman–Crippen MR) is 121 cm³/mol. The van der Waals surface area contributed by atoms with Crippen LogP contribution in [0, 0.1) is 22.7 Å². The van der Waals surface area contributed by atoms with Gasteiger partial charge in [0, 0.05) is 31.8 Å². The van der Waals surface area contributed by atoms with E-state index in [2.05, 4.69) is 20.8 Å². The molecule has 2 saturated carbocycles. The summed E-state index contributed by atoms with van der Waals surface area (Å²) in [6.07, 6.45) is 5.19. The molecule has 8 atom stereocenters. The van der Waals surface area contributed by atoms with Crippen LogP contribution in [0.25, 0.3) is 0 Å². The van der Waals surface area contributed by atoms with Gasteiger partial charge >= 0.3 is 17.9 Å². The largest absolute Gasteiger partial charge is 0.451 e. The number of hydrogen-bond donors (Lipinski definition) is 0. The molecule has 34 heavy (non-hydrogen) atoms. The van der Waals surface area contributed by atoms with Gasteiger partial charge in [0.2, 0.25) is 12.6 Å². The second-order valence-electron chi connectivity index (χ2n) is 11.1. The van der Waals surface area contributed by atoms with Crippen LogP contribution in [0.1, 0.15) is 80.1 Å². The Balaban J connectivity index is 1.66. The SMILES string of the molecule is CC(=O)O[C@H]1O[C@H](OC(C)=O)[C@@H](OC(C)=O)/C1=C/CC1(C)C(C)CCC2(C)C1CCCC21CO1. The number of carbonyl (C=O) groups is 3. The van der Waals surface area contributed by atoms with Crippen LogP contribution in [-0.2, 0) is 38.1 Å². The number of allylic oxidation sites excluding steroid dienone is 1. The third-order valence-corrected chi connectivity index (χ3v) is 9.13. The first-order valence-electron chi connectivity index (χ1n) is 12.4.